The van der Waals surface area contributed by atoms with E-state index in [9.17, 15) is 4.79 Å². The zero-order valence-corrected chi connectivity index (χ0v) is 9.99. The number of likely N-dealkylation sites (tertiary alicyclic amines) is 1. The Morgan fingerprint density at radius 3 is 2.67 bits per heavy atom. The molecule has 1 aliphatic rings. The first-order valence-electron chi connectivity index (χ1n) is 5.70. The molecule has 0 aromatic rings. The lowest BCUT2D eigenvalue weighted by Crippen LogP contribution is -2.51. The third-order valence-electron chi connectivity index (χ3n) is 3.29. The van der Waals surface area contributed by atoms with Gasteiger partial charge in [0.2, 0.25) is 5.91 Å². The summed E-state index contributed by atoms with van der Waals surface area (Å²) >= 11 is 0. The molecule has 2 unspecified atom stereocenters. The number of carbonyl (C=O) groups excluding carboxylic acids is 1. The van der Waals surface area contributed by atoms with E-state index >= 15 is 0 Å². The molecule has 1 aliphatic heterocycles. The second-order valence-corrected chi connectivity index (χ2v) is 4.89. The summed E-state index contributed by atoms with van der Waals surface area (Å²) in [4.78, 5) is 13.1. The van der Waals surface area contributed by atoms with E-state index in [0.29, 0.717) is 24.4 Å². The largest absolute Gasteiger partial charge is 0.369 e. The molecular formula is C11H23N3O. The molecular weight excluding hydrogens is 190 g/mol. The molecule has 4 nitrogen and oxygen atoms in total. The average molecular weight is 213 g/mol. The molecule has 0 aromatic heterocycles. The van der Waals surface area contributed by atoms with Crippen LogP contribution in [-0.2, 0) is 4.79 Å². The molecule has 0 aromatic carbocycles. The molecule has 1 rings (SSSR count). The molecule has 1 amide bonds. The summed E-state index contributed by atoms with van der Waals surface area (Å²) in [6.45, 7) is 6.80. The summed E-state index contributed by atoms with van der Waals surface area (Å²) in [5.41, 5.74) is 5.23. The van der Waals surface area contributed by atoms with Gasteiger partial charge < -0.3 is 11.1 Å². The van der Waals surface area contributed by atoms with Crippen LogP contribution in [0.3, 0.4) is 0 Å². The highest BCUT2D eigenvalue weighted by Crippen LogP contribution is 2.23. The van der Waals surface area contributed by atoms with E-state index in [1.54, 1.807) is 0 Å². The van der Waals surface area contributed by atoms with Crippen molar-refractivity contribution in [1.29, 1.82) is 0 Å². The van der Waals surface area contributed by atoms with Gasteiger partial charge >= 0.3 is 0 Å². The van der Waals surface area contributed by atoms with Crippen molar-refractivity contribution in [2.45, 2.75) is 26.3 Å². The first kappa shape index (κ1) is 12.5. The lowest BCUT2D eigenvalue weighted by Gasteiger charge is -2.38. The Hall–Kier alpha value is -0.610. The summed E-state index contributed by atoms with van der Waals surface area (Å²) in [6, 6.07) is 0.491. The fourth-order valence-electron chi connectivity index (χ4n) is 2.27. The van der Waals surface area contributed by atoms with Gasteiger partial charge in [-0.15, -0.1) is 0 Å². The van der Waals surface area contributed by atoms with Crippen molar-refractivity contribution in [1.82, 2.24) is 10.2 Å². The molecule has 1 saturated heterocycles. The Balaban J connectivity index is 2.54. The molecule has 0 bridgehead atoms. The van der Waals surface area contributed by atoms with Crippen molar-refractivity contribution >= 4 is 5.91 Å². The minimum Gasteiger partial charge on any atom is -0.369 e. The number of nitrogens with two attached hydrogens (primary N) is 1. The van der Waals surface area contributed by atoms with Gasteiger partial charge in [-0.1, -0.05) is 13.8 Å². The summed E-state index contributed by atoms with van der Waals surface area (Å²) in [7, 11) is 1.98. The van der Waals surface area contributed by atoms with Crippen LogP contribution in [0.2, 0.25) is 0 Å². The van der Waals surface area contributed by atoms with Crippen molar-refractivity contribution in [2.75, 3.05) is 26.7 Å². The highest BCUT2D eigenvalue weighted by atomic mass is 16.1. The molecule has 0 spiro atoms. The first-order valence-corrected chi connectivity index (χ1v) is 5.70. The summed E-state index contributed by atoms with van der Waals surface area (Å²) in [5.74, 6) is 1.10. The molecule has 1 fully saturated rings. The van der Waals surface area contributed by atoms with Crippen LogP contribution in [0.1, 0.15) is 20.3 Å². The molecule has 1 heterocycles. The van der Waals surface area contributed by atoms with Crippen molar-refractivity contribution in [3.63, 3.8) is 0 Å². The van der Waals surface area contributed by atoms with Crippen LogP contribution >= 0.6 is 0 Å². The number of amides is 1. The van der Waals surface area contributed by atoms with Gasteiger partial charge in [0.25, 0.3) is 0 Å². The van der Waals surface area contributed by atoms with Crippen molar-refractivity contribution in [2.24, 2.45) is 17.6 Å². The lowest BCUT2D eigenvalue weighted by atomic mass is 9.85. The van der Waals surface area contributed by atoms with E-state index in [1.807, 2.05) is 7.05 Å². The Morgan fingerprint density at radius 1 is 1.53 bits per heavy atom. The van der Waals surface area contributed by atoms with E-state index in [0.717, 1.165) is 13.1 Å². The Morgan fingerprint density at radius 2 is 2.20 bits per heavy atom. The minimum atomic E-state index is -0.228. The number of carbonyl (C=O) groups is 1. The fourth-order valence-corrected chi connectivity index (χ4v) is 2.27. The number of nitrogens with zero attached hydrogens (tertiary/aromatic N) is 1. The molecule has 0 aliphatic carbocycles. The number of piperidine rings is 1. The fraction of sp³-hybridized carbons (Fsp3) is 0.909. The van der Waals surface area contributed by atoms with Crippen LogP contribution in [0, 0.1) is 11.8 Å². The first-order chi connectivity index (χ1) is 7.02. The van der Waals surface area contributed by atoms with Crippen molar-refractivity contribution in [3.8, 4) is 0 Å². The number of rotatable bonds is 4. The summed E-state index contributed by atoms with van der Waals surface area (Å²) < 4.78 is 0. The van der Waals surface area contributed by atoms with E-state index in [1.165, 1.54) is 6.42 Å². The number of likely N-dealkylation sites (N-methyl/N-ethyl adjacent to an activating group) is 1. The lowest BCUT2D eigenvalue weighted by molar-refractivity contribution is -0.119. The van der Waals surface area contributed by atoms with E-state index in [-0.39, 0.29) is 5.91 Å². The molecule has 0 radical (unpaired) electrons. The SMILES string of the molecule is CNC1CC(C(C)C)CN(CC(N)=O)C1. The average Bonchev–Trinajstić information content (AvgIpc) is 2.16. The van der Waals surface area contributed by atoms with Gasteiger partial charge in [0.15, 0.2) is 0 Å². The maximum Gasteiger partial charge on any atom is 0.231 e. The third-order valence-corrected chi connectivity index (χ3v) is 3.29. The van der Waals surface area contributed by atoms with Gasteiger partial charge in [-0.25, -0.2) is 0 Å². The van der Waals surface area contributed by atoms with E-state index < -0.39 is 0 Å². The molecule has 15 heavy (non-hydrogen) atoms. The second kappa shape index (κ2) is 5.47. The zero-order valence-electron chi connectivity index (χ0n) is 9.99. The van der Waals surface area contributed by atoms with Crippen molar-refractivity contribution < 1.29 is 4.79 Å². The minimum absolute atomic E-state index is 0.228. The normalized spacial score (nSPS) is 28.3. The Labute approximate surface area is 92.2 Å². The van der Waals surface area contributed by atoms with Gasteiger partial charge in [0, 0.05) is 19.1 Å². The van der Waals surface area contributed by atoms with Crippen molar-refractivity contribution in [3.05, 3.63) is 0 Å². The van der Waals surface area contributed by atoms with Crippen LogP contribution in [0.4, 0.5) is 0 Å². The highest BCUT2D eigenvalue weighted by Gasteiger charge is 2.28. The molecule has 88 valence electrons. The molecule has 3 N–H and O–H groups in total. The third kappa shape index (κ3) is 3.80. The maximum atomic E-state index is 10.9. The highest BCUT2D eigenvalue weighted by molar-refractivity contribution is 5.75. The van der Waals surface area contributed by atoms with Gasteiger partial charge in [-0.2, -0.15) is 0 Å². The topological polar surface area (TPSA) is 58.4 Å². The van der Waals surface area contributed by atoms with Gasteiger partial charge in [0.05, 0.1) is 6.54 Å². The zero-order chi connectivity index (χ0) is 11.4. The smallest absolute Gasteiger partial charge is 0.231 e. The molecule has 2 atom stereocenters. The Kier molecular flexibility index (Phi) is 4.54. The number of nitrogens with one attached hydrogen (secondary N) is 1. The second-order valence-electron chi connectivity index (χ2n) is 4.89. The molecule has 0 saturated carbocycles. The Bertz CT molecular complexity index is 218. The van der Waals surface area contributed by atoms with Gasteiger partial charge in [0.1, 0.15) is 0 Å². The number of hydrogen-bond acceptors (Lipinski definition) is 3. The standard InChI is InChI=1S/C11H23N3O/c1-8(2)9-4-10(13-3)6-14(5-9)7-11(12)15/h8-10,13H,4-7H2,1-3H3,(H2,12,15). The number of hydrogen-bond donors (Lipinski definition) is 2. The van der Waals surface area contributed by atoms with Crippen LogP contribution in [0.5, 0.6) is 0 Å². The maximum absolute atomic E-state index is 10.9. The predicted molar refractivity (Wildman–Crippen MR) is 61.4 cm³/mol. The van der Waals surface area contributed by atoms with E-state index in [4.69, 9.17) is 5.73 Å². The van der Waals surface area contributed by atoms with Crippen LogP contribution in [0.25, 0.3) is 0 Å². The van der Waals surface area contributed by atoms with E-state index in [2.05, 4.69) is 24.1 Å². The predicted octanol–water partition coefficient (Wildman–Crippen LogP) is 0.0376. The van der Waals surface area contributed by atoms with Gasteiger partial charge in [-0.3, -0.25) is 9.69 Å². The van der Waals surface area contributed by atoms with Gasteiger partial charge in [-0.05, 0) is 25.3 Å². The summed E-state index contributed by atoms with van der Waals surface area (Å²) in [5, 5.41) is 3.30. The summed E-state index contributed by atoms with van der Waals surface area (Å²) in [6.07, 6.45) is 1.20. The van der Waals surface area contributed by atoms with Crippen LogP contribution in [0.15, 0.2) is 0 Å². The van der Waals surface area contributed by atoms with Crippen LogP contribution < -0.4 is 11.1 Å². The number of primary amides is 1. The monoisotopic (exact) mass is 213 g/mol. The molecule has 4 heteroatoms. The quantitative estimate of drug-likeness (QED) is 0.693. The van der Waals surface area contributed by atoms with Crippen LogP contribution in [-0.4, -0.2) is 43.5 Å².